The van der Waals surface area contributed by atoms with Gasteiger partial charge in [-0.2, -0.15) is 0 Å². The summed E-state index contributed by atoms with van der Waals surface area (Å²) in [4.78, 5) is 28.2. The molecule has 7 heteroatoms. The number of nitrogens with zero attached hydrogens (tertiary/aromatic N) is 1. The number of carbonyl (C=O) groups excluding carboxylic acids is 2. The topological polar surface area (TPSA) is 49.4 Å². The van der Waals surface area contributed by atoms with Crippen LogP contribution in [0.15, 0.2) is 41.8 Å². The van der Waals surface area contributed by atoms with Crippen LogP contribution in [0.4, 0.5) is 4.39 Å². The van der Waals surface area contributed by atoms with Gasteiger partial charge in [-0.3, -0.25) is 9.59 Å². The lowest BCUT2D eigenvalue weighted by molar-refractivity contribution is -0.140. The summed E-state index contributed by atoms with van der Waals surface area (Å²) in [5, 5.41) is 4.99. The van der Waals surface area contributed by atoms with Crippen molar-refractivity contribution in [3.8, 4) is 0 Å². The normalized spacial score (nSPS) is 15.5. The predicted molar refractivity (Wildman–Crippen MR) is 105 cm³/mol. The van der Waals surface area contributed by atoms with Crippen LogP contribution in [0.2, 0.25) is 0 Å². The van der Waals surface area contributed by atoms with Gasteiger partial charge in [0.25, 0.3) is 0 Å². The molecule has 1 aromatic heterocycles. The SMILES string of the molecule is O=C(NC1CCCC1)[C@H](c1ccc(F)cc1)N(Cc1cccs1)C(=O)CCl. The zero-order valence-corrected chi connectivity index (χ0v) is 16.4. The molecular formula is C20H22ClFN2O2S. The summed E-state index contributed by atoms with van der Waals surface area (Å²) < 4.78 is 13.4. The second-order valence-electron chi connectivity index (χ2n) is 6.68. The second kappa shape index (κ2) is 9.33. The van der Waals surface area contributed by atoms with E-state index in [-0.39, 0.29) is 36.1 Å². The Bertz CT molecular complexity index is 761. The largest absolute Gasteiger partial charge is 0.351 e. The monoisotopic (exact) mass is 408 g/mol. The van der Waals surface area contributed by atoms with Crippen LogP contribution in [0.3, 0.4) is 0 Å². The van der Waals surface area contributed by atoms with Crippen LogP contribution in [-0.2, 0) is 16.1 Å². The smallest absolute Gasteiger partial charge is 0.247 e. The van der Waals surface area contributed by atoms with E-state index in [9.17, 15) is 14.0 Å². The van der Waals surface area contributed by atoms with E-state index in [1.807, 2.05) is 17.5 Å². The maximum absolute atomic E-state index is 13.4. The van der Waals surface area contributed by atoms with Gasteiger partial charge in [-0.05, 0) is 42.0 Å². The van der Waals surface area contributed by atoms with E-state index in [0.717, 1.165) is 30.6 Å². The minimum atomic E-state index is -0.848. The number of hydrogen-bond acceptors (Lipinski definition) is 3. The van der Waals surface area contributed by atoms with Gasteiger partial charge in [0.1, 0.15) is 17.7 Å². The van der Waals surface area contributed by atoms with Crippen molar-refractivity contribution in [1.82, 2.24) is 10.2 Å². The highest BCUT2D eigenvalue weighted by Gasteiger charge is 2.33. The molecule has 144 valence electrons. The first-order valence-corrected chi connectivity index (χ1v) is 10.4. The zero-order valence-electron chi connectivity index (χ0n) is 14.9. The first-order valence-electron chi connectivity index (χ1n) is 9.02. The van der Waals surface area contributed by atoms with E-state index in [0.29, 0.717) is 5.56 Å². The van der Waals surface area contributed by atoms with Crippen molar-refractivity contribution in [2.75, 3.05) is 5.88 Å². The molecule has 1 aliphatic carbocycles. The van der Waals surface area contributed by atoms with Crippen molar-refractivity contribution in [2.24, 2.45) is 0 Å². The number of carbonyl (C=O) groups is 2. The Morgan fingerprint density at radius 1 is 1.22 bits per heavy atom. The van der Waals surface area contributed by atoms with Gasteiger partial charge in [-0.25, -0.2) is 4.39 Å². The molecule has 4 nitrogen and oxygen atoms in total. The van der Waals surface area contributed by atoms with Gasteiger partial charge in [-0.15, -0.1) is 22.9 Å². The average Bonchev–Trinajstić information content (AvgIpc) is 3.36. The molecule has 0 radical (unpaired) electrons. The van der Waals surface area contributed by atoms with Crippen molar-refractivity contribution in [3.63, 3.8) is 0 Å². The first-order chi connectivity index (χ1) is 13.1. The minimum Gasteiger partial charge on any atom is -0.351 e. The van der Waals surface area contributed by atoms with Crippen LogP contribution < -0.4 is 5.32 Å². The highest BCUT2D eigenvalue weighted by Crippen LogP contribution is 2.27. The lowest BCUT2D eigenvalue weighted by Gasteiger charge is -2.31. The van der Waals surface area contributed by atoms with Crippen LogP contribution in [0, 0.1) is 5.82 Å². The lowest BCUT2D eigenvalue weighted by Crippen LogP contribution is -2.46. The highest BCUT2D eigenvalue weighted by atomic mass is 35.5. The first kappa shape index (κ1) is 19.8. The summed E-state index contributed by atoms with van der Waals surface area (Å²) in [6, 6.07) is 8.80. The summed E-state index contributed by atoms with van der Waals surface area (Å²) in [5.41, 5.74) is 0.571. The second-order valence-corrected chi connectivity index (χ2v) is 7.98. The molecule has 1 heterocycles. The minimum absolute atomic E-state index is 0.120. The Kier molecular flexibility index (Phi) is 6.85. The summed E-state index contributed by atoms with van der Waals surface area (Å²) in [6.45, 7) is 0.281. The maximum Gasteiger partial charge on any atom is 0.247 e. The molecule has 0 unspecified atom stereocenters. The predicted octanol–water partition coefficient (Wildman–Crippen LogP) is 4.25. The van der Waals surface area contributed by atoms with Gasteiger partial charge in [0.05, 0.1) is 6.54 Å². The average molecular weight is 409 g/mol. The number of hydrogen-bond donors (Lipinski definition) is 1. The number of nitrogens with one attached hydrogen (secondary N) is 1. The number of alkyl halides is 1. The van der Waals surface area contributed by atoms with E-state index >= 15 is 0 Å². The molecule has 27 heavy (non-hydrogen) atoms. The molecule has 3 rings (SSSR count). The van der Waals surface area contributed by atoms with E-state index in [1.165, 1.54) is 28.4 Å². The summed E-state index contributed by atoms with van der Waals surface area (Å²) >= 11 is 7.35. The molecule has 1 saturated carbocycles. The number of rotatable bonds is 7. The van der Waals surface area contributed by atoms with Crippen molar-refractivity contribution >= 4 is 34.8 Å². The molecule has 0 bridgehead atoms. The molecular weight excluding hydrogens is 387 g/mol. The maximum atomic E-state index is 13.4. The van der Waals surface area contributed by atoms with Crippen LogP contribution >= 0.6 is 22.9 Å². The van der Waals surface area contributed by atoms with Gasteiger partial charge in [0.15, 0.2) is 0 Å². The van der Waals surface area contributed by atoms with Crippen molar-refractivity contribution in [1.29, 1.82) is 0 Å². The Morgan fingerprint density at radius 2 is 1.93 bits per heavy atom. The van der Waals surface area contributed by atoms with Crippen molar-refractivity contribution in [2.45, 2.75) is 44.3 Å². The summed E-state index contributed by atoms with van der Waals surface area (Å²) in [6.07, 6.45) is 4.06. The van der Waals surface area contributed by atoms with Gasteiger partial charge in [-0.1, -0.05) is 31.0 Å². The fourth-order valence-corrected chi connectivity index (χ4v) is 4.30. The molecule has 1 atom stereocenters. The Balaban J connectivity index is 1.92. The Hall–Kier alpha value is -1.92. The third-order valence-electron chi connectivity index (χ3n) is 4.79. The fraction of sp³-hybridized carbons (Fsp3) is 0.400. The Morgan fingerprint density at radius 3 is 2.52 bits per heavy atom. The fourth-order valence-electron chi connectivity index (χ4n) is 3.44. The van der Waals surface area contributed by atoms with E-state index in [4.69, 9.17) is 11.6 Å². The quantitative estimate of drug-likeness (QED) is 0.696. The van der Waals surface area contributed by atoms with Gasteiger partial charge >= 0.3 is 0 Å². The molecule has 1 aromatic carbocycles. The third-order valence-corrected chi connectivity index (χ3v) is 5.88. The molecule has 2 amide bonds. The van der Waals surface area contributed by atoms with Crippen LogP contribution in [0.25, 0.3) is 0 Å². The number of amides is 2. The molecule has 0 saturated heterocycles. The number of halogens is 2. The van der Waals surface area contributed by atoms with Gasteiger partial charge in [0, 0.05) is 10.9 Å². The molecule has 0 aliphatic heterocycles. The highest BCUT2D eigenvalue weighted by molar-refractivity contribution is 7.09. The van der Waals surface area contributed by atoms with Crippen molar-refractivity contribution < 1.29 is 14.0 Å². The number of benzene rings is 1. The van der Waals surface area contributed by atoms with Gasteiger partial charge in [0.2, 0.25) is 11.8 Å². The van der Waals surface area contributed by atoms with Gasteiger partial charge < -0.3 is 10.2 Å². The van der Waals surface area contributed by atoms with Crippen LogP contribution in [0.5, 0.6) is 0 Å². The van der Waals surface area contributed by atoms with E-state index < -0.39 is 6.04 Å². The summed E-state index contributed by atoms with van der Waals surface area (Å²) in [7, 11) is 0. The Labute approximate surface area is 167 Å². The molecule has 1 N–H and O–H groups in total. The van der Waals surface area contributed by atoms with E-state index in [1.54, 1.807) is 12.1 Å². The third kappa shape index (κ3) is 5.08. The van der Waals surface area contributed by atoms with E-state index in [2.05, 4.69) is 5.32 Å². The molecule has 1 fully saturated rings. The molecule has 2 aromatic rings. The standard InChI is InChI=1S/C20H22ClFN2O2S/c21-12-18(25)24(13-17-6-3-11-27-17)19(14-7-9-15(22)10-8-14)20(26)23-16-4-1-2-5-16/h3,6-11,16,19H,1-2,4-5,12-13H2,(H,23,26)/t19-/m0/s1. The van der Waals surface area contributed by atoms with Crippen molar-refractivity contribution in [3.05, 3.63) is 58.0 Å². The summed E-state index contributed by atoms with van der Waals surface area (Å²) in [5.74, 6) is -1.19. The zero-order chi connectivity index (χ0) is 19.2. The van der Waals surface area contributed by atoms with Crippen LogP contribution in [-0.4, -0.2) is 28.6 Å². The number of thiophene rings is 1. The lowest BCUT2D eigenvalue weighted by atomic mass is 10.0. The molecule has 1 aliphatic rings. The van der Waals surface area contributed by atoms with Crippen LogP contribution in [0.1, 0.15) is 42.2 Å². The molecule has 0 spiro atoms.